The van der Waals surface area contributed by atoms with Gasteiger partial charge in [-0.05, 0) is 47.3 Å². The number of phenolic OH excluding ortho intramolecular Hbond substituents is 1. The molecule has 0 aliphatic carbocycles. The molecule has 0 saturated carbocycles. The molecule has 3 heterocycles. The van der Waals surface area contributed by atoms with Crippen molar-refractivity contribution in [2.75, 3.05) is 18.4 Å². The second kappa shape index (κ2) is 8.92. The molecule has 1 aliphatic rings. The van der Waals surface area contributed by atoms with E-state index in [0.717, 1.165) is 65.2 Å². The zero-order valence-corrected chi connectivity index (χ0v) is 19.6. The van der Waals surface area contributed by atoms with Crippen LogP contribution in [0, 0.1) is 6.92 Å². The first-order valence-electron chi connectivity index (χ1n) is 10.9. The Morgan fingerprint density at radius 3 is 2.62 bits per heavy atom. The predicted molar refractivity (Wildman–Crippen MR) is 131 cm³/mol. The number of rotatable bonds is 5. The number of benzene rings is 2. The number of phenols is 1. The number of aromatic hydroxyl groups is 1. The fourth-order valence-corrected chi connectivity index (χ4v) is 4.72. The minimum atomic E-state index is 0.355. The fraction of sp³-hybridized carbons (Fsp3) is 0.280. The molecule has 0 unspecified atom stereocenters. The van der Waals surface area contributed by atoms with Crippen LogP contribution in [0.2, 0.25) is 0 Å². The van der Waals surface area contributed by atoms with E-state index in [4.69, 9.17) is 4.98 Å². The number of hydrogen-bond acceptors (Lipinski definition) is 5. The summed E-state index contributed by atoms with van der Waals surface area (Å²) >= 11 is 3.60. The maximum Gasteiger partial charge on any atom is 0.172 e. The number of aryl methyl sites for hydroxylation is 1. The Labute approximate surface area is 196 Å². The summed E-state index contributed by atoms with van der Waals surface area (Å²) in [6.07, 6.45) is 3.85. The molecule has 164 valence electrons. The van der Waals surface area contributed by atoms with E-state index >= 15 is 0 Å². The molecule has 6 nitrogen and oxygen atoms in total. The molecule has 0 bridgehead atoms. The molecule has 0 atom stereocenters. The van der Waals surface area contributed by atoms with Gasteiger partial charge >= 0.3 is 0 Å². The van der Waals surface area contributed by atoms with Crippen LogP contribution in [-0.2, 0) is 6.54 Å². The molecular weight excluding hydrogens is 466 g/mol. The Kier molecular flexibility index (Phi) is 5.85. The zero-order valence-electron chi connectivity index (χ0n) is 18.0. The lowest BCUT2D eigenvalue weighted by Gasteiger charge is -2.33. The summed E-state index contributed by atoms with van der Waals surface area (Å²) in [5, 5.41) is 18.3. The first kappa shape index (κ1) is 21.0. The summed E-state index contributed by atoms with van der Waals surface area (Å²) in [7, 11) is 0. The Bertz CT molecular complexity index is 1250. The molecule has 5 rings (SSSR count). The van der Waals surface area contributed by atoms with Crippen LogP contribution in [0.5, 0.6) is 5.75 Å². The van der Waals surface area contributed by atoms with Crippen molar-refractivity contribution in [2.45, 2.75) is 32.4 Å². The smallest absolute Gasteiger partial charge is 0.172 e. The van der Waals surface area contributed by atoms with Crippen molar-refractivity contribution in [2.24, 2.45) is 0 Å². The van der Waals surface area contributed by atoms with Gasteiger partial charge in [0, 0.05) is 42.9 Å². The van der Waals surface area contributed by atoms with Crippen LogP contribution in [0.4, 0.5) is 5.82 Å². The number of piperidine rings is 1. The molecule has 7 heteroatoms. The van der Waals surface area contributed by atoms with E-state index in [-0.39, 0.29) is 0 Å². The van der Waals surface area contributed by atoms with Gasteiger partial charge in [-0.1, -0.05) is 42.5 Å². The molecule has 2 aromatic heterocycles. The van der Waals surface area contributed by atoms with Crippen LogP contribution >= 0.6 is 15.9 Å². The van der Waals surface area contributed by atoms with Gasteiger partial charge in [-0.3, -0.25) is 4.90 Å². The highest BCUT2D eigenvalue weighted by molar-refractivity contribution is 9.10. The lowest BCUT2D eigenvalue weighted by molar-refractivity contribution is 0.209. The third-order valence-electron chi connectivity index (χ3n) is 6.17. The maximum atomic E-state index is 10.1. The molecule has 0 radical (unpaired) electrons. The van der Waals surface area contributed by atoms with Gasteiger partial charge in [-0.2, -0.15) is 9.61 Å². The Balaban J connectivity index is 1.34. The van der Waals surface area contributed by atoms with Crippen LogP contribution in [0.3, 0.4) is 0 Å². The largest absolute Gasteiger partial charge is 0.508 e. The average Bonchev–Trinajstić information content (AvgIpc) is 3.18. The van der Waals surface area contributed by atoms with Gasteiger partial charge in [0.15, 0.2) is 5.65 Å². The topological polar surface area (TPSA) is 65.7 Å². The van der Waals surface area contributed by atoms with Gasteiger partial charge in [0.25, 0.3) is 0 Å². The normalized spacial score (nSPS) is 15.3. The number of anilines is 1. The molecule has 0 amide bonds. The monoisotopic (exact) mass is 491 g/mol. The van der Waals surface area contributed by atoms with Gasteiger partial charge < -0.3 is 10.4 Å². The number of para-hydroxylation sites is 1. The summed E-state index contributed by atoms with van der Waals surface area (Å²) in [6, 6.07) is 18.4. The highest BCUT2D eigenvalue weighted by Gasteiger charge is 2.22. The molecule has 2 N–H and O–H groups in total. The molecule has 1 fully saturated rings. The number of hydrogen-bond donors (Lipinski definition) is 2. The summed E-state index contributed by atoms with van der Waals surface area (Å²) in [5.74, 6) is 1.33. The van der Waals surface area contributed by atoms with Crippen molar-refractivity contribution >= 4 is 27.4 Å². The molecule has 0 spiro atoms. The second-order valence-electron chi connectivity index (χ2n) is 8.39. The first-order valence-corrected chi connectivity index (χ1v) is 11.7. The Morgan fingerprint density at radius 2 is 1.84 bits per heavy atom. The quantitative estimate of drug-likeness (QED) is 0.399. The lowest BCUT2D eigenvalue weighted by atomic mass is 10.0. The number of nitrogens with one attached hydrogen (secondary N) is 1. The summed E-state index contributed by atoms with van der Waals surface area (Å²) in [6.45, 7) is 4.85. The third kappa shape index (κ3) is 4.23. The van der Waals surface area contributed by atoms with Crippen LogP contribution < -0.4 is 5.32 Å². The van der Waals surface area contributed by atoms with Gasteiger partial charge in [-0.25, -0.2) is 4.98 Å². The minimum Gasteiger partial charge on any atom is -0.508 e. The predicted octanol–water partition coefficient (Wildman–Crippen LogP) is 5.25. The Morgan fingerprint density at radius 1 is 1.09 bits per heavy atom. The van der Waals surface area contributed by atoms with Crippen LogP contribution in [0.15, 0.2) is 65.3 Å². The molecule has 2 aromatic carbocycles. The van der Waals surface area contributed by atoms with Crippen molar-refractivity contribution in [3.8, 4) is 17.0 Å². The maximum absolute atomic E-state index is 10.1. The van der Waals surface area contributed by atoms with E-state index in [0.29, 0.717) is 11.8 Å². The molecule has 32 heavy (non-hydrogen) atoms. The van der Waals surface area contributed by atoms with E-state index in [1.54, 1.807) is 12.3 Å². The number of likely N-dealkylation sites (tertiary alicyclic amines) is 1. The van der Waals surface area contributed by atoms with Gasteiger partial charge in [-0.15, -0.1) is 0 Å². The number of aromatic nitrogens is 3. The highest BCUT2D eigenvalue weighted by atomic mass is 79.9. The number of halogens is 1. The first-order chi connectivity index (χ1) is 15.6. The van der Waals surface area contributed by atoms with Gasteiger partial charge in [0.1, 0.15) is 11.6 Å². The van der Waals surface area contributed by atoms with E-state index < -0.39 is 0 Å². The lowest BCUT2D eigenvalue weighted by Crippen LogP contribution is -2.39. The van der Waals surface area contributed by atoms with Crippen molar-refractivity contribution in [1.29, 1.82) is 0 Å². The fourth-order valence-electron chi connectivity index (χ4n) is 4.37. The van der Waals surface area contributed by atoms with Crippen molar-refractivity contribution in [1.82, 2.24) is 19.5 Å². The van der Waals surface area contributed by atoms with Crippen molar-refractivity contribution in [3.63, 3.8) is 0 Å². The van der Waals surface area contributed by atoms with Gasteiger partial charge in [0.05, 0.1) is 16.4 Å². The summed E-state index contributed by atoms with van der Waals surface area (Å²) in [4.78, 5) is 7.27. The van der Waals surface area contributed by atoms with E-state index in [1.165, 1.54) is 5.56 Å². The zero-order chi connectivity index (χ0) is 22.1. The third-order valence-corrected chi connectivity index (χ3v) is 6.73. The number of fused-ring (bicyclic) bond motifs is 1. The van der Waals surface area contributed by atoms with Crippen LogP contribution in [0.1, 0.15) is 24.0 Å². The molecule has 1 aliphatic heterocycles. The summed E-state index contributed by atoms with van der Waals surface area (Å²) in [5.41, 5.74) is 5.06. The standard InChI is InChI=1S/C25H26BrN5O/c1-17-6-2-4-8-20(17)22-14-24(31-25(29-22)21(26)15-27-31)28-19-10-12-30(13-11-19)16-18-7-3-5-9-23(18)32/h2-9,14-15,19,28,32H,10-13,16H2,1H3. The second-order valence-corrected chi connectivity index (χ2v) is 9.25. The van der Waals surface area contributed by atoms with E-state index in [2.05, 4.69) is 56.4 Å². The van der Waals surface area contributed by atoms with E-state index in [1.807, 2.05) is 34.8 Å². The average molecular weight is 492 g/mol. The summed E-state index contributed by atoms with van der Waals surface area (Å²) < 4.78 is 2.76. The van der Waals surface area contributed by atoms with Crippen LogP contribution in [-0.4, -0.2) is 43.7 Å². The number of nitrogens with zero attached hydrogens (tertiary/aromatic N) is 4. The minimum absolute atomic E-state index is 0.355. The Hall–Kier alpha value is -2.90. The molecular formula is C25H26BrN5O. The molecule has 1 saturated heterocycles. The molecule has 4 aromatic rings. The van der Waals surface area contributed by atoms with Crippen molar-refractivity contribution < 1.29 is 5.11 Å². The van der Waals surface area contributed by atoms with Crippen LogP contribution in [0.25, 0.3) is 16.9 Å². The van der Waals surface area contributed by atoms with Gasteiger partial charge in [0.2, 0.25) is 0 Å². The highest BCUT2D eigenvalue weighted by Crippen LogP contribution is 2.29. The van der Waals surface area contributed by atoms with E-state index in [9.17, 15) is 5.11 Å². The SMILES string of the molecule is Cc1ccccc1-c1cc(NC2CCN(Cc3ccccc3O)CC2)n2ncc(Br)c2n1. The van der Waals surface area contributed by atoms with Crippen molar-refractivity contribution in [3.05, 3.63) is 76.4 Å².